The molecule has 1 heterocycles. The van der Waals surface area contributed by atoms with Gasteiger partial charge in [-0.1, -0.05) is 30.3 Å². The third-order valence-electron chi connectivity index (χ3n) is 4.67. The van der Waals surface area contributed by atoms with Crippen LogP contribution in [0.4, 0.5) is 0 Å². The average Bonchev–Trinajstić information content (AvgIpc) is 3.04. The first-order valence-electron chi connectivity index (χ1n) is 9.32. The van der Waals surface area contributed by atoms with E-state index in [-0.39, 0.29) is 0 Å². The lowest BCUT2D eigenvalue weighted by Gasteiger charge is -2.19. The summed E-state index contributed by atoms with van der Waals surface area (Å²) < 4.78 is 11.6. The minimum absolute atomic E-state index is 0.475. The van der Waals surface area contributed by atoms with Crippen LogP contribution in [0.1, 0.15) is 30.9 Å². The van der Waals surface area contributed by atoms with Gasteiger partial charge in [0, 0.05) is 12.0 Å². The highest BCUT2D eigenvalue weighted by Gasteiger charge is 2.27. The molecule has 0 spiro atoms. The van der Waals surface area contributed by atoms with E-state index in [0.717, 1.165) is 28.3 Å². The summed E-state index contributed by atoms with van der Waals surface area (Å²) in [7, 11) is 0. The number of rotatable bonds is 8. The zero-order valence-electron chi connectivity index (χ0n) is 16.4. The fourth-order valence-electron chi connectivity index (χ4n) is 2.92. The summed E-state index contributed by atoms with van der Waals surface area (Å²) in [6.07, 6.45) is 1.12. The molecule has 0 saturated carbocycles. The van der Waals surface area contributed by atoms with Gasteiger partial charge in [0.15, 0.2) is 0 Å². The number of carbonyl (C=O) groups is 1. The molecule has 0 aliphatic rings. The lowest BCUT2D eigenvalue weighted by molar-refractivity contribution is -0.146. The number of aryl methyl sites for hydroxylation is 1. The van der Waals surface area contributed by atoms with Crippen molar-refractivity contribution in [2.75, 3.05) is 6.61 Å². The molecule has 3 aromatic rings. The molecular weight excluding hydrogens is 354 g/mol. The minimum Gasteiger partial charge on any atom is -0.493 e. The lowest BCUT2D eigenvalue weighted by atomic mass is 9.86. The largest absolute Gasteiger partial charge is 0.493 e. The number of oxazole rings is 1. The van der Waals surface area contributed by atoms with Crippen molar-refractivity contribution in [1.82, 2.24) is 4.98 Å². The average molecular weight is 379 g/mol. The van der Waals surface area contributed by atoms with Crippen LogP contribution in [0.5, 0.6) is 5.75 Å². The first-order chi connectivity index (χ1) is 13.3. The number of nitrogens with zero attached hydrogens (tertiary/aromatic N) is 1. The summed E-state index contributed by atoms with van der Waals surface area (Å²) in [4.78, 5) is 15.8. The molecule has 146 valence electrons. The molecule has 3 rings (SSSR count). The highest BCUT2D eigenvalue weighted by molar-refractivity contribution is 5.74. The van der Waals surface area contributed by atoms with Gasteiger partial charge in [-0.3, -0.25) is 4.79 Å². The van der Waals surface area contributed by atoms with E-state index in [0.29, 0.717) is 25.3 Å². The second kappa shape index (κ2) is 8.30. The molecule has 5 nitrogen and oxygen atoms in total. The van der Waals surface area contributed by atoms with Gasteiger partial charge in [-0.15, -0.1) is 0 Å². The van der Waals surface area contributed by atoms with Gasteiger partial charge < -0.3 is 14.3 Å². The molecule has 0 atom stereocenters. The highest BCUT2D eigenvalue weighted by Crippen LogP contribution is 2.24. The zero-order valence-corrected chi connectivity index (χ0v) is 16.4. The van der Waals surface area contributed by atoms with Crippen LogP contribution in [0.3, 0.4) is 0 Å². The van der Waals surface area contributed by atoms with Crippen molar-refractivity contribution in [3.63, 3.8) is 0 Å². The van der Waals surface area contributed by atoms with E-state index in [9.17, 15) is 9.90 Å². The summed E-state index contributed by atoms with van der Waals surface area (Å²) in [5.41, 5.74) is 2.03. The Bertz CT molecular complexity index is 927. The van der Waals surface area contributed by atoms with Crippen LogP contribution in [0.2, 0.25) is 0 Å². The van der Waals surface area contributed by atoms with Crippen molar-refractivity contribution in [3.05, 3.63) is 71.6 Å². The monoisotopic (exact) mass is 379 g/mol. The van der Waals surface area contributed by atoms with E-state index in [1.54, 1.807) is 13.8 Å². The molecule has 0 amide bonds. The van der Waals surface area contributed by atoms with Crippen molar-refractivity contribution >= 4 is 5.97 Å². The Balaban J connectivity index is 1.56. The molecule has 0 aliphatic heterocycles. The van der Waals surface area contributed by atoms with Crippen LogP contribution in [-0.2, 0) is 17.6 Å². The fraction of sp³-hybridized carbons (Fsp3) is 0.304. The van der Waals surface area contributed by atoms with Gasteiger partial charge in [0.1, 0.15) is 11.5 Å². The van der Waals surface area contributed by atoms with Crippen molar-refractivity contribution in [2.45, 2.75) is 33.6 Å². The van der Waals surface area contributed by atoms with Crippen molar-refractivity contribution in [2.24, 2.45) is 5.41 Å². The molecule has 0 fully saturated rings. The van der Waals surface area contributed by atoms with Gasteiger partial charge in [0.2, 0.25) is 5.89 Å². The van der Waals surface area contributed by atoms with Gasteiger partial charge in [0.05, 0.1) is 17.7 Å². The first kappa shape index (κ1) is 19.7. The van der Waals surface area contributed by atoms with E-state index in [4.69, 9.17) is 9.15 Å². The maximum Gasteiger partial charge on any atom is 0.309 e. The Hall–Kier alpha value is -3.08. The molecule has 2 aromatic carbocycles. The first-order valence-corrected chi connectivity index (χ1v) is 9.32. The normalized spacial score (nSPS) is 11.4. The second-order valence-corrected chi connectivity index (χ2v) is 7.50. The zero-order chi connectivity index (χ0) is 20.1. The number of carboxylic acids is 1. The number of aliphatic carboxylic acids is 1. The summed E-state index contributed by atoms with van der Waals surface area (Å²) in [6.45, 7) is 5.85. The van der Waals surface area contributed by atoms with Crippen LogP contribution >= 0.6 is 0 Å². The quantitative estimate of drug-likeness (QED) is 0.601. The van der Waals surface area contributed by atoms with E-state index >= 15 is 0 Å². The van der Waals surface area contributed by atoms with Crippen molar-refractivity contribution in [1.29, 1.82) is 0 Å². The molecule has 0 bridgehead atoms. The standard InChI is InChI=1S/C23H25NO4/c1-16-20(24-21(28-16)18-7-5-4-6-8-18)13-14-27-19-11-9-17(10-12-19)15-23(2,3)22(25)26/h4-12H,13-15H2,1-3H3,(H,25,26). The minimum atomic E-state index is -0.800. The molecule has 0 unspecified atom stereocenters. The molecule has 0 saturated heterocycles. The maximum atomic E-state index is 11.2. The summed E-state index contributed by atoms with van der Waals surface area (Å²) in [5, 5.41) is 9.24. The summed E-state index contributed by atoms with van der Waals surface area (Å²) >= 11 is 0. The van der Waals surface area contributed by atoms with Gasteiger partial charge in [0.25, 0.3) is 0 Å². The molecule has 28 heavy (non-hydrogen) atoms. The molecule has 1 N–H and O–H groups in total. The van der Waals surface area contributed by atoms with Crippen LogP contribution < -0.4 is 4.74 Å². The molecular formula is C23H25NO4. The van der Waals surface area contributed by atoms with Gasteiger partial charge in [-0.05, 0) is 57.0 Å². The van der Waals surface area contributed by atoms with Crippen LogP contribution in [0, 0.1) is 12.3 Å². The lowest BCUT2D eigenvalue weighted by Crippen LogP contribution is -2.26. The number of ether oxygens (including phenoxy) is 1. The SMILES string of the molecule is Cc1oc(-c2ccccc2)nc1CCOc1ccc(CC(C)(C)C(=O)O)cc1. The third-order valence-corrected chi connectivity index (χ3v) is 4.67. The van der Waals surface area contributed by atoms with Crippen LogP contribution in [-0.4, -0.2) is 22.7 Å². The number of hydrogen-bond acceptors (Lipinski definition) is 4. The highest BCUT2D eigenvalue weighted by atomic mass is 16.5. The van der Waals surface area contributed by atoms with Gasteiger partial charge in [-0.2, -0.15) is 0 Å². The Morgan fingerprint density at radius 1 is 1.11 bits per heavy atom. The Morgan fingerprint density at radius 2 is 1.79 bits per heavy atom. The van der Waals surface area contributed by atoms with Crippen molar-refractivity contribution < 1.29 is 19.1 Å². The number of hydrogen-bond donors (Lipinski definition) is 1. The summed E-state index contributed by atoms with van der Waals surface area (Å²) in [5.74, 6) is 1.37. The van der Waals surface area contributed by atoms with E-state index in [1.165, 1.54) is 0 Å². The summed E-state index contributed by atoms with van der Waals surface area (Å²) in [6, 6.07) is 17.4. The Labute approximate surface area is 165 Å². The van der Waals surface area contributed by atoms with E-state index in [1.807, 2.05) is 61.5 Å². The number of aromatic nitrogens is 1. The number of benzene rings is 2. The van der Waals surface area contributed by atoms with E-state index < -0.39 is 11.4 Å². The molecule has 0 radical (unpaired) electrons. The molecule has 0 aliphatic carbocycles. The topological polar surface area (TPSA) is 72.6 Å². The van der Waals surface area contributed by atoms with Crippen molar-refractivity contribution in [3.8, 4) is 17.2 Å². The Morgan fingerprint density at radius 3 is 2.43 bits per heavy atom. The van der Waals surface area contributed by atoms with Crippen LogP contribution in [0.15, 0.2) is 59.0 Å². The van der Waals surface area contributed by atoms with Gasteiger partial charge >= 0.3 is 5.97 Å². The smallest absolute Gasteiger partial charge is 0.309 e. The maximum absolute atomic E-state index is 11.2. The fourth-order valence-corrected chi connectivity index (χ4v) is 2.92. The molecule has 5 heteroatoms. The predicted molar refractivity (Wildman–Crippen MR) is 107 cm³/mol. The Kier molecular flexibility index (Phi) is 5.83. The van der Waals surface area contributed by atoms with Gasteiger partial charge in [-0.25, -0.2) is 4.98 Å². The third kappa shape index (κ3) is 4.80. The van der Waals surface area contributed by atoms with Crippen LogP contribution in [0.25, 0.3) is 11.5 Å². The van der Waals surface area contributed by atoms with E-state index in [2.05, 4.69) is 4.98 Å². The molecule has 1 aromatic heterocycles. The second-order valence-electron chi connectivity index (χ2n) is 7.50. The number of carboxylic acid groups (broad SMARTS) is 1. The predicted octanol–water partition coefficient (Wildman–Crippen LogP) is 4.92.